The summed E-state index contributed by atoms with van der Waals surface area (Å²) in [5, 5.41) is 38.0. The van der Waals surface area contributed by atoms with Crippen molar-refractivity contribution in [2.75, 3.05) is 13.2 Å². The third-order valence-corrected chi connectivity index (χ3v) is 7.58. The summed E-state index contributed by atoms with van der Waals surface area (Å²) in [4.78, 5) is 30.3. The van der Waals surface area contributed by atoms with Crippen molar-refractivity contribution in [1.82, 2.24) is 0 Å². The van der Waals surface area contributed by atoms with Crippen molar-refractivity contribution in [2.45, 2.75) is 213 Å². The summed E-state index contributed by atoms with van der Waals surface area (Å²) < 4.78 is 0. The fraction of sp³-hybridized carbons (Fsp3) is 0.921. The smallest absolute Gasteiger partial charge is 0.550 e. The molecule has 9 heteroatoms. The monoisotopic (exact) mass is 707 g/mol. The first-order valence-corrected chi connectivity index (χ1v) is 19.1. The Labute approximate surface area is 305 Å². The van der Waals surface area contributed by atoms with Crippen LogP contribution in [0.15, 0.2) is 0 Å². The SMILES string of the molecule is CCCCCCCCCCCC(=O)[O-].CCCCCCCCCCCC(=O)[O-].CCCCCCCCCCCC(=O)[O-].NCCO.[Ti+3]. The van der Waals surface area contributed by atoms with E-state index in [9.17, 15) is 29.7 Å². The molecule has 0 aliphatic heterocycles. The average Bonchev–Trinajstić information content (AvgIpc) is 3.03. The van der Waals surface area contributed by atoms with E-state index >= 15 is 0 Å². The van der Waals surface area contributed by atoms with Crippen molar-refractivity contribution in [3.8, 4) is 0 Å². The molecular formula is C38H76NO7Ti. The molecule has 1 radical (unpaired) electrons. The predicted molar refractivity (Wildman–Crippen MR) is 187 cm³/mol. The zero-order valence-electron chi connectivity index (χ0n) is 31.1. The van der Waals surface area contributed by atoms with Crippen molar-refractivity contribution < 1.29 is 56.5 Å². The van der Waals surface area contributed by atoms with Gasteiger partial charge in [0.05, 0.1) is 6.61 Å². The number of aliphatic hydroxyl groups excluding tert-OH is 1. The van der Waals surface area contributed by atoms with Crippen LogP contribution in [0, 0.1) is 0 Å². The molecule has 0 aromatic heterocycles. The number of carbonyl (C=O) groups is 3. The first-order chi connectivity index (χ1) is 22.2. The molecule has 0 aromatic carbocycles. The van der Waals surface area contributed by atoms with Crippen LogP contribution >= 0.6 is 0 Å². The van der Waals surface area contributed by atoms with E-state index in [-0.39, 0.29) is 47.6 Å². The first kappa shape index (κ1) is 55.5. The second-order valence-electron chi connectivity index (χ2n) is 12.4. The molecule has 3 N–H and O–H groups in total. The molecule has 0 aliphatic rings. The van der Waals surface area contributed by atoms with E-state index in [0.717, 1.165) is 38.5 Å². The summed E-state index contributed by atoms with van der Waals surface area (Å²) in [6.07, 6.45) is 33.5. The van der Waals surface area contributed by atoms with E-state index in [4.69, 9.17) is 10.8 Å². The van der Waals surface area contributed by atoms with Gasteiger partial charge in [0.2, 0.25) is 0 Å². The Morgan fingerprint density at radius 3 is 0.681 bits per heavy atom. The van der Waals surface area contributed by atoms with Gasteiger partial charge in [-0.2, -0.15) is 0 Å². The Morgan fingerprint density at radius 1 is 0.404 bits per heavy atom. The minimum Gasteiger partial charge on any atom is -0.550 e. The van der Waals surface area contributed by atoms with E-state index in [0.29, 0.717) is 6.54 Å². The van der Waals surface area contributed by atoms with Crippen LogP contribution in [-0.4, -0.2) is 36.2 Å². The molecule has 0 saturated heterocycles. The van der Waals surface area contributed by atoms with Crippen molar-refractivity contribution in [2.24, 2.45) is 5.73 Å². The predicted octanol–water partition coefficient (Wildman–Crippen LogP) is 6.91. The van der Waals surface area contributed by atoms with E-state index in [1.165, 1.54) is 135 Å². The molecular weight excluding hydrogens is 630 g/mol. The van der Waals surface area contributed by atoms with Crippen LogP contribution < -0.4 is 21.1 Å². The van der Waals surface area contributed by atoms with Crippen molar-refractivity contribution >= 4 is 17.9 Å². The maximum atomic E-state index is 10.1. The maximum absolute atomic E-state index is 10.1. The third-order valence-electron chi connectivity index (χ3n) is 7.58. The summed E-state index contributed by atoms with van der Waals surface area (Å²) in [6, 6.07) is 0. The van der Waals surface area contributed by atoms with Gasteiger partial charge >= 0.3 is 21.7 Å². The van der Waals surface area contributed by atoms with Gasteiger partial charge in [0, 0.05) is 24.5 Å². The van der Waals surface area contributed by atoms with E-state index in [1.54, 1.807) is 0 Å². The van der Waals surface area contributed by atoms with Gasteiger partial charge in [-0.3, -0.25) is 0 Å². The largest absolute Gasteiger partial charge is 3.00 e. The summed E-state index contributed by atoms with van der Waals surface area (Å²) in [5.41, 5.74) is 4.78. The molecule has 0 saturated carbocycles. The topological polar surface area (TPSA) is 167 Å². The Morgan fingerprint density at radius 2 is 0.553 bits per heavy atom. The molecule has 0 aliphatic carbocycles. The third kappa shape index (κ3) is 76.4. The number of hydrogen-bond acceptors (Lipinski definition) is 8. The van der Waals surface area contributed by atoms with Crippen molar-refractivity contribution in [3.63, 3.8) is 0 Å². The number of unbranched alkanes of at least 4 members (excludes halogenated alkanes) is 24. The zero-order chi connectivity index (χ0) is 35.4. The normalized spacial score (nSPS) is 9.89. The fourth-order valence-corrected chi connectivity index (χ4v) is 4.74. The number of hydrogen-bond donors (Lipinski definition) is 2. The molecule has 0 atom stereocenters. The van der Waals surface area contributed by atoms with Crippen LogP contribution in [0.3, 0.4) is 0 Å². The molecule has 0 unspecified atom stereocenters. The Hall–Kier alpha value is -0.956. The Bertz CT molecular complexity index is 516. The average molecular weight is 707 g/mol. The van der Waals surface area contributed by atoms with E-state index in [2.05, 4.69) is 20.8 Å². The minimum atomic E-state index is -0.909. The molecule has 0 aromatic rings. The van der Waals surface area contributed by atoms with E-state index in [1.807, 2.05) is 0 Å². The van der Waals surface area contributed by atoms with Gasteiger partial charge in [-0.05, 0) is 38.5 Å². The fourth-order valence-electron chi connectivity index (χ4n) is 4.74. The standard InChI is InChI=1S/3C12H24O2.C2H7NO.Ti/c3*1-2-3-4-5-6-7-8-9-10-11-12(13)14;3-1-2-4;/h3*2-11H2,1H3,(H,13,14);4H,1-3H2;/q;;;;+3/p-3. The number of carboxylic acid groups (broad SMARTS) is 3. The van der Waals surface area contributed by atoms with Gasteiger partial charge in [-0.15, -0.1) is 0 Å². The Kier molecular flexibility index (Phi) is 64.3. The number of rotatable bonds is 31. The summed E-state index contributed by atoms with van der Waals surface area (Å²) in [5.74, 6) is -2.73. The van der Waals surface area contributed by atoms with Crippen molar-refractivity contribution in [1.29, 1.82) is 0 Å². The van der Waals surface area contributed by atoms with E-state index < -0.39 is 17.9 Å². The molecule has 0 bridgehead atoms. The van der Waals surface area contributed by atoms with Crippen LogP contribution in [0.4, 0.5) is 0 Å². The van der Waals surface area contributed by atoms with Crippen LogP contribution in [-0.2, 0) is 36.1 Å². The molecule has 47 heavy (non-hydrogen) atoms. The number of carbonyl (C=O) groups excluding carboxylic acids is 3. The second-order valence-corrected chi connectivity index (χ2v) is 12.4. The van der Waals surface area contributed by atoms with Crippen LogP contribution in [0.2, 0.25) is 0 Å². The summed E-state index contributed by atoms with van der Waals surface area (Å²) >= 11 is 0. The quantitative estimate of drug-likeness (QED) is 0.0580. The van der Waals surface area contributed by atoms with Crippen LogP contribution in [0.5, 0.6) is 0 Å². The molecule has 279 valence electrons. The number of carboxylic acids is 3. The van der Waals surface area contributed by atoms with Gasteiger partial charge < -0.3 is 40.5 Å². The van der Waals surface area contributed by atoms with Gasteiger partial charge in [-0.1, -0.05) is 175 Å². The van der Waals surface area contributed by atoms with Gasteiger partial charge in [0.15, 0.2) is 0 Å². The molecule has 0 fully saturated rings. The molecule has 8 nitrogen and oxygen atoms in total. The summed E-state index contributed by atoms with van der Waals surface area (Å²) in [7, 11) is 0. The van der Waals surface area contributed by atoms with Gasteiger partial charge in [-0.25, -0.2) is 0 Å². The minimum absolute atomic E-state index is 0. The molecule has 0 heterocycles. The second kappa shape index (κ2) is 54.5. The molecule has 0 spiro atoms. The Balaban J connectivity index is -0.000000175. The summed E-state index contributed by atoms with van der Waals surface area (Å²) in [6.45, 7) is 7.14. The van der Waals surface area contributed by atoms with Crippen molar-refractivity contribution in [3.05, 3.63) is 0 Å². The van der Waals surface area contributed by atoms with Gasteiger partial charge in [0.1, 0.15) is 0 Å². The molecule has 0 amide bonds. The number of aliphatic hydroxyl groups is 1. The number of nitrogens with two attached hydrogens (primary N) is 1. The zero-order valence-corrected chi connectivity index (χ0v) is 32.7. The van der Waals surface area contributed by atoms with Crippen LogP contribution in [0.25, 0.3) is 0 Å². The molecule has 0 rings (SSSR count). The number of aliphatic carboxylic acids is 3. The van der Waals surface area contributed by atoms with Crippen LogP contribution in [0.1, 0.15) is 213 Å². The van der Waals surface area contributed by atoms with Gasteiger partial charge in [0.25, 0.3) is 0 Å². The maximum Gasteiger partial charge on any atom is 3.00 e. The first-order valence-electron chi connectivity index (χ1n) is 19.1.